The maximum Gasteiger partial charge on any atom is 0.337 e. The molecule has 3 aromatic carbocycles. The SMILES string of the molecule is COC(=O)c1ccc2c(c1)CCN2C(=O)c1ccc(COc2ccc3ccccc3c2)o1. The molecule has 6 nitrogen and oxygen atoms in total. The van der Waals surface area contributed by atoms with Crippen LogP contribution in [0.5, 0.6) is 5.75 Å². The first kappa shape index (κ1) is 19.9. The van der Waals surface area contributed by atoms with Crippen LogP contribution < -0.4 is 9.64 Å². The standard InChI is InChI=1S/C26H21NO5/c1-30-26(29)20-7-10-23-19(14-20)12-13-27(23)25(28)24-11-9-22(32-24)16-31-21-8-6-17-4-2-3-5-18(17)15-21/h2-11,14-15H,12-13,16H2,1H3. The number of nitrogens with zero attached hydrogens (tertiary/aromatic N) is 1. The molecule has 1 aromatic heterocycles. The van der Waals surface area contributed by atoms with Crippen LogP contribution in [0.1, 0.15) is 32.2 Å². The quantitative estimate of drug-likeness (QED) is 0.419. The molecular weight excluding hydrogens is 406 g/mol. The molecule has 0 saturated heterocycles. The van der Waals surface area contributed by atoms with Gasteiger partial charge in [0.2, 0.25) is 0 Å². The predicted octanol–water partition coefficient (Wildman–Crippen LogP) is 5.00. The zero-order chi connectivity index (χ0) is 22.1. The Kier molecular flexibility index (Phi) is 5.11. The lowest BCUT2D eigenvalue weighted by Gasteiger charge is -2.16. The highest BCUT2D eigenvalue weighted by molar-refractivity contribution is 6.06. The molecule has 0 saturated carbocycles. The molecule has 1 aliphatic rings. The van der Waals surface area contributed by atoms with Crippen molar-refractivity contribution in [3.8, 4) is 5.75 Å². The van der Waals surface area contributed by atoms with Crippen molar-refractivity contribution in [2.75, 3.05) is 18.6 Å². The van der Waals surface area contributed by atoms with Gasteiger partial charge in [0.25, 0.3) is 5.91 Å². The lowest BCUT2D eigenvalue weighted by Crippen LogP contribution is -2.28. The van der Waals surface area contributed by atoms with Crippen molar-refractivity contribution < 1.29 is 23.5 Å². The third-order valence-corrected chi connectivity index (χ3v) is 5.62. The van der Waals surface area contributed by atoms with Gasteiger partial charge in [-0.2, -0.15) is 0 Å². The summed E-state index contributed by atoms with van der Waals surface area (Å²) in [5, 5.41) is 2.25. The van der Waals surface area contributed by atoms with E-state index in [-0.39, 0.29) is 24.2 Å². The fourth-order valence-electron chi connectivity index (χ4n) is 3.97. The zero-order valence-corrected chi connectivity index (χ0v) is 17.5. The van der Waals surface area contributed by atoms with Crippen LogP contribution in [-0.4, -0.2) is 25.5 Å². The minimum absolute atomic E-state index is 0.216. The molecule has 0 unspecified atom stereocenters. The van der Waals surface area contributed by atoms with Crippen molar-refractivity contribution >= 4 is 28.3 Å². The van der Waals surface area contributed by atoms with E-state index in [9.17, 15) is 9.59 Å². The largest absolute Gasteiger partial charge is 0.486 e. The highest BCUT2D eigenvalue weighted by Crippen LogP contribution is 2.31. The molecule has 4 aromatic rings. The second kappa shape index (κ2) is 8.23. The maximum absolute atomic E-state index is 13.0. The van der Waals surface area contributed by atoms with Gasteiger partial charge in [-0.05, 0) is 65.2 Å². The second-order valence-corrected chi connectivity index (χ2v) is 7.61. The second-order valence-electron chi connectivity index (χ2n) is 7.61. The number of furan rings is 1. The Morgan fingerprint density at radius 2 is 1.81 bits per heavy atom. The van der Waals surface area contributed by atoms with Crippen LogP contribution in [0.2, 0.25) is 0 Å². The van der Waals surface area contributed by atoms with Gasteiger partial charge in [0, 0.05) is 12.2 Å². The van der Waals surface area contributed by atoms with Gasteiger partial charge in [-0.1, -0.05) is 30.3 Å². The van der Waals surface area contributed by atoms with Gasteiger partial charge in [-0.3, -0.25) is 4.79 Å². The highest BCUT2D eigenvalue weighted by atomic mass is 16.5. The number of hydrogen-bond acceptors (Lipinski definition) is 5. The van der Waals surface area contributed by atoms with E-state index in [2.05, 4.69) is 6.07 Å². The summed E-state index contributed by atoms with van der Waals surface area (Å²) in [6.07, 6.45) is 0.671. The summed E-state index contributed by atoms with van der Waals surface area (Å²) in [6, 6.07) is 22.6. The van der Waals surface area contributed by atoms with Gasteiger partial charge in [-0.25, -0.2) is 4.79 Å². The molecule has 0 aliphatic carbocycles. The van der Waals surface area contributed by atoms with E-state index in [0.717, 1.165) is 27.8 Å². The summed E-state index contributed by atoms with van der Waals surface area (Å²) < 4.78 is 16.4. The van der Waals surface area contributed by atoms with Crippen LogP contribution in [0.4, 0.5) is 5.69 Å². The third kappa shape index (κ3) is 3.71. The van der Waals surface area contributed by atoms with Crippen LogP contribution >= 0.6 is 0 Å². The molecule has 1 amide bonds. The molecule has 6 heteroatoms. The van der Waals surface area contributed by atoms with Gasteiger partial charge >= 0.3 is 5.97 Å². The minimum Gasteiger partial charge on any atom is -0.486 e. The summed E-state index contributed by atoms with van der Waals surface area (Å²) in [7, 11) is 1.35. The van der Waals surface area contributed by atoms with Crippen molar-refractivity contribution in [3.63, 3.8) is 0 Å². The summed E-state index contributed by atoms with van der Waals surface area (Å²) >= 11 is 0. The summed E-state index contributed by atoms with van der Waals surface area (Å²) in [5.74, 6) is 0.961. The van der Waals surface area contributed by atoms with E-state index in [1.54, 1.807) is 35.2 Å². The Labute approximate surface area is 185 Å². The third-order valence-electron chi connectivity index (χ3n) is 5.62. The first-order valence-electron chi connectivity index (χ1n) is 10.4. The van der Waals surface area contributed by atoms with E-state index in [4.69, 9.17) is 13.9 Å². The van der Waals surface area contributed by atoms with Crippen molar-refractivity contribution in [3.05, 3.63) is 95.4 Å². The van der Waals surface area contributed by atoms with Gasteiger partial charge in [0.1, 0.15) is 18.1 Å². The van der Waals surface area contributed by atoms with E-state index in [1.807, 2.05) is 36.4 Å². The number of amides is 1. The Bertz CT molecular complexity index is 1320. The number of ether oxygens (including phenoxy) is 2. The Morgan fingerprint density at radius 3 is 2.66 bits per heavy atom. The van der Waals surface area contributed by atoms with E-state index < -0.39 is 0 Å². The normalized spacial score (nSPS) is 12.6. The molecule has 2 heterocycles. The molecule has 0 N–H and O–H groups in total. The Hall–Kier alpha value is -4.06. The van der Waals surface area contributed by atoms with Crippen LogP contribution in [0, 0.1) is 0 Å². The number of carbonyl (C=O) groups is 2. The molecule has 1 aliphatic heterocycles. The van der Waals surface area contributed by atoms with E-state index >= 15 is 0 Å². The first-order valence-corrected chi connectivity index (χ1v) is 10.4. The van der Waals surface area contributed by atoms with Crippen molar-refractivity contribution in [1.82, 2.24) is 0 Å². The molecule has 160 valence electrons. The Morgan fingerprint density at radius 1 is 0.969 bits per heavy atom. The summed E-state index contributed by atoms with van der Waals surface area (Å²) in [5.41, 5.74) is 2.20. The van der Waals surface area contributed by atoms with Crippen LogP contribution in [0.25, 0.3) is 10.8 Å². The van der Waals surface area contributed by atoms with Crippen LogP contribution in [0.3, 0.4) is 0 Å². The van der Waals surface area contributed by atoms with Crippen molar-refractivity contribution in [1.29, 1.82) is 0 Å². The number of carbonyl (C=O) groups excluding carboxylic acids is 2. The number of esters is 1. The first-order chi connectivity index (χ1) is 15.6. The van der Waals surface area contributed by atoms with E-state index in [0.29, 0.717) is 24.3 Å². The molecule has 0 spiro atoms. The summed E-state index contributed by atoms with van der Waals surface area (Å²) in [6.45, 7) is 0.757. The predicted molar refractivity (Wildman–Crippen MR) is 120 cm³/mol. The van der Waals surface area contributed by atoms with Crippen LogP contribution in [-0.2, 0) is 17.8 Å². The lowest BCUT2D eigenvalue weighted by atomic mass is 10.1. The molecule has 32 heavy (non-hydrogen) atoms. The van der Waals surface area contributed by atoms with E-state index in [1.165, 1.54) is 7.11 Å². The average molecular weight is 427 g/mol. The molecular formula is C26H21NO5. The topological polar surface area (TPSA) is 69.0 Å². The minimum atomic E-state index is -0.389. The highest BCUT2D eigenvalue weighted by Gasteiger charge is 2.28. The maximum atomic E-state index is 13.0. The summed E-state index contributed by atoms with van der Waals surface area (Å²) in [4.78, 5) is 26.4. The number of anilines is 1. The van der Waals surface area contributed by atoms with Gasteiger partial charge in [0.15, 0.2) is 5.76 Å². The molecule has 0 bridgehead atoms. The lowest BCUT2D eigenvalue weighted by molar-refractivity contribution is 0.0600. The number of rotatable bonds is 5. The van der Waals surface area contributed by atoms with Gasteiger partial charge in [0.05, 0.1) is 12.7 Å². The van der Waals surface area contributed by atoms with Gasteiger partial charge < -0.3 is 18.8 Å². The zero-order valence-electron chi connectivity index (χ0n) is 17.5. The fourth-order valence-corrected chi connectivity index (χ4v) is 3.97. The molecule has 5 rings (SSSR count). The van der Waals surface area contributed by atoms with Gasteiger partial charge in [-0.15, -0.1) is 0 Å². The molecule has 0 fully saturated rings. The Balaban J connectivity index is 1.28. The monoisotopic (exact) mass is 427 g/mol. The van der Waals surface area contributed by atoms with Crippen molar-refractivity contribution in [2.24, 2.45) is 0 Å². The number of methoxy groups -OCH3 is 1. The fraction of sp³-hybridized carbons (Fsp3) is 0.154. The number of hydrogen-bond donors (Lipinski definition) is 0. The smallest absolute Gasteiger partial charge is 0.337 e. The number of fused-ring (bicyclic) bond motifs is 2. The van der Waals surface area contributed by atoms with Crippen LogP contribution in [0.15, 0.2) is 77.2 Å². The molecule has 0 atom stereocenters. The molecule has 0 radical (unpaired) electrons. The van der Waals surface area contributed by atoms with Crippen molar-refractivity contribution in [2.45, 2.75) is 13.0 Å². The average Bonchev–Trinajstić information content (AvgIpc) is 3.48. The number of benzene rings is 3.